The molecule has 8 nitrogen and oxygen atoms in total. The molecule has 3 N–H and O–H groups in total. The summed E-state index contributed by atoms with van der Waals surface area (Å²) in [5, 5.41) is 13.6. The third-order valence-electron chi connectivity index (χ3n) is 4.18. The van der Waals surface area contributed by atoms with Crippen molar-refractivity contribution < 1.29 is 37.6 Å². The summed E-state index contributed by atoms with van der Waals surface area (Å²) in [5.74, 6) is -0.879. The molecule has 0 spiro atoms. The Bertz CT molecular complexity index is 1220. The number of anilines is 1. The van der Waals surface area contributed by atoms with Gasteiger partial charge in [-0.1, -0.05) is 23.7 Å². The Morgan fingerprint density at radius 2 is 1.67 bits per heavy atom. The molecule has 0 saturated heterocycles. The lowest BCUT2D eigenvalue weighted by atomic mass is 10.1. The highest BCUT2D eigenvalue weighted by atomic mass is 35.5. The third-order valence-corrected chi connectivity index (χ3v) is 4.43. The van der Waals surface area contributed by atoms with Crippen LogP contribution in [0.1, 0.15) is 15.9 Å². The summed E-state index contributed by atoms with van der Waals surface area (Å²) in [5.41, 5.74) is -2.35. The molecule has 0 atom stereocenters. The first-order chi connectivity index (χ1) is 15.5. The van der Waals surface area contributed by atoms with E-state index in [-0.39, 0.29) is 17.1 Å². The molecule has 3 aromatic carbocycles. The van der Waals surface area contributed by atoms with Crippen LogP contribution < -0.4 is 15.4 Å². The highest BCUT2D eigenvalue weighted by Crippen LogP contribution is 2.35. The largest absolute Gasteiger partial charge is 0.450 e. The van der Waals surface area contributed by atoms with Gasteiger partial charge in [-0.05, 0) is 48.5 Å². The van der Waals surface area contributed by atoms with E-state index in [1.54, 1.807) is 0 Å². The zero-order chi connectivity index (χ0) is 24.2. The van der Waals surface area contributed by atoms with Gasteiger partial charge in [0, 0.05) is 16.7 Å². The van der Waals surface area contributed by atoms with E-state index >= 15 is 0 Å². The second-order valence-electron chi connectivity index (χ2n) is 6.46. The van der Waals surface area contributed by atoms with Crippen molar-refractivity contribution in [3.63, 3.8) is 0 Å². The van der Waals surface area contributed by atoms with E-state index < -0.39 is 40.0 Å². The molecule has 0 aliphatic rings. The van der Waals surface area contributed by atoms with Gasteiger partial charge < -0.3 is 10.1 Å². The topological polar surface area (TPSA) is 108 Å². The summed E-state index contributed by atoms with van der Waals surface area (Å²) in [4.78, 5) is 35.4. The Kier molecular flexibility index (Phi) is 6.83. The second-order valence-corrected chi connectivity index (χ2v) is 6.90. The first-order valence-electron chi connectivity index (χ1n) is 9.07. The van der Waals surface area contributed by atoms with Gasteiger partial charge in [-0.15, -0.1) is 0 Å². The number of amides is 3. The van der Waals surface area contributed by atoms with E-state index in [1.807, 2.05) is 10.6 Å². The molecule has 33 heavy (non-hydrogen) atoms. The number of para-hydroxylation sites is 1. The quantitative estimate of drug-likeness (QED) is 0.393. The number of nitrogens with zero attached hydrogens (tertiary/aromatic N) is 1. The van der Waals surface area contributed by atoms with Crippen LogP contribution in [-0.4, -0.2) is 22.1 Å². The van der Waals surface area contributed by atoms with Crippen LogP contribution in [0.3, 0.4) is 0 Å². The average molecular weight is 481 g/mol. The lowest BCUT2D eigenvalue weighted by Gasteiger charge is -2.13. The maximum atomic E-state index is 13.0. The summed E-state index contributed by atoms with van der Waals surface area (Å²) in [6.07, 6.45) is -4.72. The number of imide groups is 1. The number of urea groups is 1. The number of carbonyl (C=O) groups is 2. The van der Waals surface area contributed by atoms with Crippen LogP contribution in [0.25, 0.3) is 0 Å². The van der Waals surface area contributed by atoms with E-state index in [2.05, 4.69) is 0 Å². The number of ether oxygens (including phenoxy) is 1. The van der Waals surface area contributed by atoms with E-state index in [9.17, 15) is 32.9 Å². The molecule has 0 unspecified atom stereocenters. The normalized spacial score (nSPS) is 10.9. The fourth-order valence-electron chi connectivity index (χ4n) is 2.69. The maximum absolute atomic E-state index is 13.0. The van der Waals surface area contributed by atoms with Gasteiger partial charge >= 0.3 is 17.9 Å². The van der Waals surface area contributed by atoms with E-state index in [1.165, 1.54) is 42.5 Å². The summed E-state index contributed by atoms with van der Waals surface area (Å²) in [7, 11) is 0. The Labute approximate surface area is 189 Å². The van der Waals surface area contributed by atoms with Gasteiger partial charge in [0.1, 0.15) is 5.75 Å². The number of hydrogen-bond acceptors (Lipinski definition) is 4. The molecule has 0 bridgehead atoms. The molecule has 170 valence electrons. The Morgan fingerprint density at radius 1 is 1.00 bits per heavy atom. The van der Waals surface area contributed by atoms with Gasteiger partial charge in [-0.25, -0.2) is 10.0 Å². The average Bonchev–Trinajstić information content (AvgIpc) is 2.75. The summed E-state index contributed by atoms with van der Waals surface area (Å²) in [6.45, 7) is 0. The monoisotopic (exact) mass is 480 g/mol. The zero-order valence-corrected chi connectivity index (χ0v) is 17.1. The first kappa shape index (κ1) is 23.5. The van der Waals surface area contributed by atoms with Crippen LogP contribution in [0.4, 0.5) is 29.3 Å². The van der Waals surface area contributed by atoms with Crippen molar-refractivity contribution >= 4 is 34.9 Å². The van der Waals surface area contributed by atoms with Gasteiger partial charge in [-0.3, -0.25) is 10.1 Å². The van der Waals surface area contributed by atoms with Gasteiger partial charge in [0.15, 0.2) is 0 Å². The highest BCUT2D eigenvalue weighted by Gasteiger charge is 2.33. The molecule has 3 rings (SSSR count). The van der Waals surface area contributed by atoms with Gasteiger partial charge in [-0.2, -0.15) is 13.2 Å². The molecule has 0 aliphatic heterocycles. The summed E-state index contributed by atoms with van der Waals surface area (Å²) < 4.78 is 44.6. The predicted molar refractivity (Wildman–Crippen MR) is 111 cm³/mol. The third kappa shape index (κ3) is 5.98. The van der Waals surface area contributed by atoms with E-state index in [0.29, 0.717) is 5.02 Å². The van der Waals surface area contributed by atoms with Crippen molar-refractivity contribution in [3.8, 4) is 11.5 Å². The van der Waals surface area contributed by atoms with Crippen molar-refractivity contribution in [2.75, 3.05) is 5.32 Å². The minimum atomic E-state index is -4.72. The summed E-state index contributed by atoms with van der Waals surface area (Å²) >= 11 is 5.79. The number of carbonyl (C=O) groups excluding carboxylic acids is 2. The van der Waals surface area contributed by atoms with Crippen LogP contribution in [0, 0.1) is 4.91 Å². The number of benzene rings is 3. The lowest BCUT2D eigenvalue weighted by molar-refractivity contribution is -0.730. The van der Waals surface area contributed by atoms with E-state index in [0.717, 1.165) is 24.3 Å². The number of halogens is 4. The number of alkyl halides is 3. The fraction of sp³-hybridized carbons (Fsp3) is 0.0476. The molecule has 0 aromatic heterocycles. The van der Waals surface area contributed by atoms with Crippen molar-refractivity contribution in [2.24, 2.45) is 0 Å². The predicted octanol–water partition coefficient (Wildman–Crippen LogP) is 5.91. The summed E-state index contributed by atoms with van der Waals surface area (Å²) in [6, 6.07) is 12.4. The lowest BCUT2D eigenvalue weighted by Crippen LogP contribution is -2.34. The maximum Gasteiger partial charge on any atom is 0.418 e. The fourth-order valence-corrected chi connectivity index (χ4v) is 2.82. The molecule has 0 radical (unpaired) electrons. The number of hydrogen-bond donors (Lipinski definition) is 3. The zero-order valence-electron chi connectivity index (χ0n) is 16.4. The molecule has 0 fully saturated rings. The van der Waals surface area contributed by atoms with Crippen LogP contribution in [0.2, 0.25) is 5.02 Å². The Hall–Kier alpha value is -4.12. The Morgan fingerprint density at radius 3 is 2.30 bits per heavy atom. The van der Waals surface area contributed by atoms with Gasteiger partial charge in [0.25, 0.3) is 10.8 Å². The number of rotatable bonds is 5. The smallest absolute Gasteiger partial charge is 0.418 e. The van der Waals surface area contributed by atoms with E-state index in [4.69, 9.17) is 16.3 Å². The molecule has 0 saturated carbocycles. The standard InChI is InChI=1S/C21H13ClF3N3O5/c22-13-6-8-14(9-7-13)33-18-10-5-12(11-17(18)28(31)32)19(29)27-20(30)26-16-4-2-1-3-15(16)21(23,24)25/h1-11H,(H2-,26,27,29,30,31,32)/p+1. The molecule has 0 heterocycles. The van der Waals surface area contributed by atoms with Crippen molar-refractivity contribution in [3.05, 3.63) is 87.8 Å². The molecule has 12 heteroatoms. The highest BCUT2D eigenvalue weighted by molar-refractivity contribution is 6.30. The second kappa shape index (κ2) is 9.57. The van der Waals surface area contributed by atoms with Crippen LogP contribution in [0.5, 0.6) is 11.5 Å². The first-order valence-corrected chi connectivity index (χ1v) is 9.44. The van der Waals surface area contributed by atoms with Crippen molar-refractivity contribution in [2.45, 2.75) is 6.18 Å². The van der Waals surface area contributed by atoms with Crippen LogP contribution in [-0.2, 0) is 6.18 Å². The molecular weight excluding hydrogens is 467 g/mol. The molecule has 0 aliphatic carbocycles. The van der Waals surface area contributed by atoms with Gasteiger partial charge in [0.2, 0.25) is 5.75 Å². The van der Waals surface area contributed by atoms with Crippen molar-refractivity contribution in [1.82, 2.24) is 5.32 Å². The molecule has 3 aromatic rings. The molecule has 3 amide bonds. The minimum Gasteiger partial charge on any atom is -0.450 e. The van der Waals surface area contributed by atoms with Crippen molar-refractivity contribution in [1.29, 1.82) is 0 Å². The molecular formula is C21H14ClF3N3O5+. The van der Waals surface area contributed by atoms with Gasteiger partial charge in [0.05, 0.1) is 16.2 Å². The SMILES string of the molecule is O=C(NC(=O)c1ccc(Oc2ccc(Cl)cc2)c([N+](=O)O)c1)Nc1ccccc1C(F)(F)F. The Balaban J connectivity index is 1.76. The minimum absolute atomic E-state index is 0.116. The van der Waals surface area contributed by atoms with Crippen LogP contribution >= 0.6 is 11.6 Å². The number of nitrogens with one attached hydrogen (secondary N) is 2. The van der Waals surface area contributed by atoms with Crippen LogP contribution in [0.15, 0.2) is 66.7 Å².